The second-order valence-electron chi connectivity index (χ2n) is 5.71. The van der Waals surface area contributed by atoms with Crippen LogP contribution in [0.1, 0.15) is 33.2 Å². The molecule has 7 nitrogen and oxygen atoms in total. The zero-order chi connectivity index (χ0) is 19.2. The first-order valence-electron chi connectivity index (χ1n) is 8.45. The lowest BCUT2D eigenvalue weighted by Crippen LogP contribution is -2.11. The molecule has 3 rings (SSSR count). The summed E-state index contributed by atoms with van der Waals surface area (Å²) in [5.74, 6) is -0.944. The number of aromatic nitrogens is 2. The number of hydrogen-bond acceptors (Lipinski definition) is 7. The van der Waals surface area contributed by atoms with E-state index in [0.29, 0.717) is 34.3 Å². The summed E-state index contributed by atoms with van der Waals surface area (Å²) >= 11 is 0. The number of anilines is 1. The maximum Gasteiger partial charge on any atom is 0.341 e. The van der Waals surface area contributed by atoms with Crippen LogP contribution in [0.25, 0.3) is 10.9 Å². The number of ether oxygens (including phenoxy) is 2. The third kappa shape index (κ3) is 4.03. The van der Waals surface area contributed by atoms with E-state index in [4.69, 9.17) is 9.47 Å². The number of hydrogen-bond donors (Lipinski definition) is 1. The summed E-state index contributed by atoms with van der Waals surface area (Å²) in [6.07, 6.45) is 4.90. The van der Waals surface area contributed by atoms with Gasteiger partial charge < -0.3 is 14.8 Å². The predicted octanol–water partition coefficient (Wildman–Crippen LogP) is 3.21. The topological polar surface area (TPSA) is 90.4 Å². The molecule has 138 valence electrons. The molecule has 0 saturated heterocycles. The van der Waals surface area contributed by atoms with Gasteiger partial charge >= 0.3 is 11.9 Å². The molecule has 0 aliphatic carbocycles. The molecule has 27 heavy (non-hydrogen) atoms. The van der Waals surface area contributed by atoms with Crippen molar-refractivity contribution in [3.05, 3.63) is 65.6 Å². The van der Waals surface area contributed by atoms with Crippen LogP contribution in [-0.4, -0.2) is 35.6 Å². The molecule has 7 heteroatoms. The van der Waals surface area contributed by atoms with E-state index in [0.717, 1.165) is 5.56 Å². The molecule has 0 atom stereocenters. The van der Waals surface area contributed by atoms with Gasteiger partial charge in [0, 0.05) is 30.5 Å². The van der Waals surface area contributed by atoms with Crippen molar-refractivity contribution in [1.29, 1.82) is 0 Å². The van der Waals surface area contributed by atoms with Gasteiger partial charge in [-0.2, -0.15) is 0 Å². The molecule has 1 N–H and O–H groups in total. The third-order valence-corrected chi connectivity index (χ3v) is 3.98. The van der Waals surface area contributed by atoms with Gasteiger partial charge in [0.2, 0.25) is 0 Å². The minimum absolute atomic E-state index is 0.251. The fraction of sp³-hybridized carbons (Fsp3) is 0.200. The number of methoxy groups -OCH3 is 1. The molecule has 0 unspecified atom stereocenters. The smallest absolute Gasteiger partial charge is 0.341 e. The van der Waals surface area contributed by atoms with E-state index in [-0.39, 0.29) is 6.61 Å². The average molecular weight is 365 g/mol. The highest BCUT2D eigenvalue weighted by Gasteiger charge is 2.18. The van der Waals surface area contributed by atoms with Crippen molar-refractivity contribution in [2.24, 2.45) is 0 Å². The number of nitrogens with one attached hydrogen (secondary N) is 1. The van der Waals surface area contributed by atoms with Gasteiger partial charge in [-0.1, -0.05) is 6.07 Å². The number of benzene rings is 1. The predicted molar refractivity (Wildman–Crippen MR) is 101 cm³/mol. The zero-order valence-electron chi connectivity index (χ0n) is 15.1. The highest BCUT2D eigenvalue weighted by molar-refractivity contribution is 6.06. The summed E-state index contributed by atoms with van der Waals surface area (Å²) < 4.78 is 9.94. The van der Waals surface area contributed by atoms with E-state index in [9.17, 15) is 9.59 Å². The van der Waals surface area contributed by atoms with Crippen molar-refractivity contribution >= 4 is 28.5 Å². The Morgan fingerprint density at radius 1 is 1.15 bits per heavy atom. The number of esters is 2. The summed E-state index contributed by atoms with van der Waals surface area (Å²) in [5.41, 5.74) is 2.81. The van der Waals surface area contributed by atoms with Gasteiger partial charge in [-0.15, -0.1) is 0 Å². The third-order valence-electron chi connectivity index (χ3n) is 3.98. The van der Waals surface area contributed by atoms with Crippen molar-refractivity contribution in [3.63, 3.8) is 0 Å². The van der Waals surface area contributed by atoms with Crippen LogP contribution < -0.4 is 5.32 Å². The van der Waals surface area contributed by atoms with E-state index in [2.05, 4.69) is 15.3 Å². The lowest BCUT2D eigenvalue weighted by atomic mass is 10.1. The molecule has 2 heterocycles. The van der Waals surface area contributed by atoms with E-state index >= 15 is 0 Å². The highest BCUT2D eigenvalue weighted by atomic mass is 16.5. The first-order chi connectivity index (χ1) is 13.1. The number of pyridine rings is 2. The fourth-order valence-corrected chi connectivity index (χ4v) is 2.68. The number of fused-ring (bicyclic) bond motifs is 1. The summed E-state index contributed by atoms with van der Waals surface area (Å²) in [6, 6.07) is 8.76. The molecule has 0 spiro atoms. The van der Waals surface area contributed by atoms with Crippen LogP contribution in [0.15, 0.2) is 48.9 Å². The van der Waals surface area contributed by atoms with Gasteiger partial charge in [0.05, 0.1) is 30.5 Å². The molecule has 0 bridgehead atoms. The van der Waals surface area contributed by atoms with E-state index < -0.39 is 11.9 Å². The van der Waals surface area contributed by atoms with Crippen molar-refractivity contribution in [2.75, 3.05) is 19.0 Å². The van der Waals surface area contributed by atoms with E-state index in [1.807, 2.05) is 12.1 Å². The van der Waals surface area contributed by atoms with Crippen LogP contribution in [0.3, 0.4) is 0 Å². The molecular formula is C20H19N3O4. The van der Waals surface area contributed by atoms with Crippen molar-refractivity contribution in [3.8, 4) is 0 Å². The summed E-state index contributed by atoms with van der Waals surface area (Å²) in [7, 11) is 1.32. The molecule has 0 aliphatic rings. The SMILES string of the molecule is CCOC(=O)c1cnc2ccc(C(=O)OC)cc2c1NCc1cccnc1. The van der Waals surface area contributed by atoms with Crippen LogP contribution in [-0.2, 0) is 16.0 Å². The zero-order valence-corrected chi connectivity index (χ0v) is 15.1. The maximum atomic E-state index is 12.4. The Morgan fingerprint density at radius 2 is 2.00 bits per heavy atom. The van der Waals surface area contributed by atoms with Crippen molar-refractivity contribution in [2.45, 2.75) is 13.5 Å². The van der Waals surface area contributed by atoms with Gasteiger partial charge in [-0.25, -0.2) is 9.59 Å². The van der Waals surface area contributed by atoms with Gasteiger partial charge in [0.25, 0.3) is 0 Å². The molecule has 2 aromatic heterocycles. The van der Waals surface area contributed by atoms with Crippen LogP contribution in [0.5, 0.6) is 0 Å². The molecule has 1 aromatic carbocycles. The minimum atomic E-state index is -0.482. The molecule has 0 aliphatic heterocycles. The van der Waals surface area contributed by atoms with Gasteiger partial charge in [-0.3, -0.25) is 9.97 Å². The first kappa shape index (κ1) is 18.3. The lowest BCUT2D eigenvalue weighted by molar-refractivity contribution is 0.0526. The van der Waals surface area contributed by atoms with Crippen LogP contribution in [0.4, 0.5) is 5.69 Å². The fourth-order valence-electron chi connectivity index (χ4n) is 2.68. The van der Waals surface area contributed by atoms with Crippen LogP contribution in [0, 0.1) is 0 Å². The summed E-state index contributed by atoms with van der Waals surface area (Å²) in [4.78, 5) is 32.7. The second-order valence-corrected chi connectivity index (χ2v) is 5.71. The molecule has 0 radical (unpaired) electrons. The lowest BCUT2D eigenvalue weighted by Gasteiger charge is -2.14. The highest BCUT2D eigenvalue weighted by Crippen LogP contribution is 2.28. The average Bonchev–Trinajstić information content (AvgIpc) is 2.71. The number of carbonyl (C=O) groups excluding carboxylic acids is 2. The standard InChI is InChI=1S/C20H19N3O4/c1-3-27-20(25)16-12-22-17-7-6-14(19(24)26-2)9-15(17)18(16)23-11-13-5-4-8-21-10-13/h4-10,12H,3,11H2,1-2H3,(H,22,23). The molecular weight excluding hydrogens is 346 g/mol. The molecule has 0 saturated carbocycles. The summed E-state index contributed by atoms with van der Waals surface area (Å²) in [6.45, 7) is 2.44. The van der Waals surface area contributed by atoms with Crippen molar-refractivity contribution < 1.29 is 19.1 Å². The Kier molecular flexibility index (Phi) is 5.61. The first-order valence-corrected chi connectivity index (χ1v) is 8.45. The van der Waals surface area contributed by atoms with Gasteiger partial charge in [0.15, 0.2) is 0 Å². The van der Waals surface area contributed by atoms with Crippen LogP contribution >= 0.6 is 0 Å². The Bertz CT molecular complexity index is 974. The van der Waals surface area contributed by atoms with Crippen LogP contribution in [0.2, 0.25) is 0 Å². The van der Waals surface area contributed by atoms with E-state index in [1.54, 1.807) is 37.5 Å². The van der Waals surface area contributed by atoms with E-state index in [1.165, 1.54) is 13.3 Å². The van der Waals surface area contributed by atoms with Gasteiger partial charge in [0.1, 0.15) is 5.56 Å². The number of carbonyl (C=O) groups is 2. The molecule has 3 aromatic rings. The maximum absolute atomic E-state index is 12.4. The quantitative estimate of drug-likeness (QED) is 0.671. The normalized spacial score (nSPS) is 10.4. The Morgan fingerprint density at radius 3 is 2.70 bits per heavy atom. The Labute approximate surface area is 156 Å². The Balaban J connectivity index is 2.09. The number of rotatable bonds is 6. The largest absolute Gasteiger partial charge is 0.465 e. The second kappa shape index (κ2) is 8.27. The Hall–Kier alpha value is -3.48. The monoisotopic (exact) mass is 365 g/mol. The van der Waals surface area contributed by atoms with Crippen molar-refractivity contribution in [1.82, 2.24) is 9.97 Å². The summed E-state index contributed by atoms with van der Waals surface area (Å²) in [5, 5.41) is 3.89. The molecule has 0 amide bonds. The number of nitrogens with zero attached hydrogens (tertiary/aromatic N) is 2. The van der Waals surface area contributed by atoms with Gasteiger partial charge in [-0.05, 0) is 36.8 Å². The molecule has 0 fully saturated rings. The minimum Gasteiger partial charge on any atom is -0.465 e.